The van der Waals surface area contributed by atoms with E-state index in [0.29, 0.717) is 22.1 Å². The lowest BCUT2D eigenvalue weighted by atomic mass is 10.0. The first-order valence-electron chi connectivity index (χ1n) is 11.9. The predicted octanol–water partition coefficient (Wildman–Crippen LogP) is 6.06. The van der Waals surface area contributed by atoms with E-state index >= 15 is 0 Å². The number of ether oxygens (including phenoxy) is 1. The first-order valence-corrected chi connectivity index (χ1v) is 13.3. The van der Waals surface area contributed by atoms with Crippen LogP contribution >= 0.6 is 11.6 Å². The lowest BCUT2D eigenvalue weighted by Gasteiger charge is -2.30. The molecule has 9 nitrogen and oxygen atoms in total. The normalized spacial score (nSPS) is 12.6. The van der Waals surface area contributed by atoms with Gasteiger partial charge in [-0.25, -0.2) is 9.00 Å². The first kappa shape index (κ1) is 28.0. The number of anilines is 2. The maximum absolute atomic E-state index is 12.6. The molecule has 2 unspecified atom stereocenters. The molecule has 0 saturated heterocycles. The van der Waals surface area contributed by atoms with Gasteiger partial charge in [-0.1, -0.05) is 67.0 Å². The van der Waals surface area contributed by atoms with Crippen LogP contribution < -0.4 is 9.62 Å². The third kappa shape index (κ3) is 6.54. The van der Waals surface area contributed by atoms with Crippen LogP contribution in [0.1, 0.15) is 24.4 Å². The Labute approximate surface area is 233 Å². The minimum Gasteiger partial charge on any atom is -0.467 e. The number of rotatable bonds is 9. The van der Waals surface area contributed by atoms with Crippen molar-refractivity contribution in [3.8, 4) is 22.4 Å². The number of amides is 1. The van der Waals surface area contributed by atoms with Crippen molar-refractivity contribution in [1.29, 1.82) is 0 Å². The van der Waals surface area contributed by atoms with Crippen LogP contribution in [0.25, 0.3) is 22.4 Å². The molecule has 0 bridgehead atoms. The fraction of sp³-hybridized carbons (Fsp3) is 0.179. The summed E-state index contributed by atoms with van der Waals surface area (Å²) in [7, 11) is 1.25. The van der Waals surface area contributed by atoms with E-state index in [9.17, 15) is 18.4 Å². The molecule has 0 aliphatic heterocycles. The lowest BCUT2D eigenvalue weighted by Crippen LogP contribution is -2.46. The van der Waals surface area contributed by atoms with Gasteiger partial charge in [-0.2, -0.15) is 0 Å². The number of aromatic nitrogens is 1. The molecule has 2 N–H and O–H groups in total. The molecule has 0 fully saturated rings. The zero-order valence-electron chi connectivity index (χ0n) is 21.3. The minimum atomic E-state index is -2.44. The molecule has 0 spiro atoms. The number of esters is 1. The fourth-order valence-corrected chi connectivity index (χ4v) is 4.94. The molecule has 11 heteroatoms. The molecule has 0 radical (unpaired) electrons. The van der Waals surface area contributed by atoms with Crippen molar-refractivity contribution in [2.45, 2.75) is 19.9 Å². The Morgan fingerprint density at radius 3 is 2.08 bits per heavy atom. The molecule has 0 aliphatic carbocycles. The Balaban J connectivity index is 1.46. The smallest absolute Gasteiger partial charge is 0.329 e. The second kappa shape index (κ2) is 12.2. The topological polar surface area (TPSA) is 122 Å². The zero-order valence-corrected chi connectivity index (χ0v) is 22.9. The van der Waals surface area contributed by atoms with Gasteiger partial charge in [0.15, 0.2) is 0 Å². The van der Waals surface area contributed by atoms with Crippen LogP contribution in [-0.4, -0.2) is 38.9 Å². The van der Waals surface area contributed by atoms with Crippen molar-refractivity contribution in [2.75, 3.05) is 16.7 Å². The highest BCUT2D eigenvalue weighted by molar-refractivity contribution is 7.80. The number of carbonyl (C=O) groups is 2. The van der Waals surface area contributed by atoms with Gasteiger partial charge in [0.05, 0.1) is 12.8 Å². The van der Waals surface area contributed by atoms with Crippen LogP contribution in [0.5, 0.6) is 0 Å². The average molecular weight is 568 g/mol. The Bertz CT molecular complexity index is 1470. The lowest BCUT2D eigenvalue weighted by molar-refractivity contribution is -0.142. The van der Waals surface area contributed by atoms with Crippen LogP contribution in [0, 0.1) is 5.92 Å². The highest BCUT2D eigenvalue weighted by atomic mass is 35.5. The Morgan fingerprint density at radius 2 is 1.54 bits per heavy atom. The van der Waals surface area contributed by atoms with E-state index in [4.69, 9.17) is 20.9 Å². The molecule has 0 aliphatic rings. The molecule has 39 heavy (non-hydrogen) atoms. The predicted molar refractivity (Wildman–Crippen MR) is 151 cm³/mol. The quantitative estimate of drug-likeness (QED) is 0.186. The van der Waals surface area contributed by atoms with E-state index < -0.39 is 29.2 Å². The summed E-state index contributed by atoms with van der Waals surface area (Å²) in [6.45, 7) is 3.55. The van der Waals surface area contributed by atoms with Gasteiger partial charge in [-0.3, -0.25) is 13.7 Å². The van der Waals surface area contributed by atoms with Crippen molar-refractivity contribution in [3.05, 3.63) is 89.6 Å². The molecule has 4 rings (SSSR count). The Hall–Kier alpha value is -3.99. The highest BCUT2D eigenvalue weighted by Crippen LogP contribution is 2.28. The standard InChI is InChI=1S/C28H26ClN3O6S/c1-17(2)26(28(34)37-3)32(39(35)36)23-14-8-19(9-15-23)18-6-12-22(13-7-18)30-27(33)25-16-24(31-38-25)20-4-10-21(29)11-5-20/h4-17,26H,1-3H3,(H,30,33)(H,35,36). The van der Waals surface area contributed by atoms with Crippen molar-refractivity contribution in [3.63, 3.8) is 0 Å². The van der Waals surface area contributed by atoms with Crippen molar-refractivity contribution >= 4 is 46.1 Å². The summed E-state index contributed by atoms with van der Waals surface area (Å²) in [6, 6.07) is 21.7. The Kier molecular flexibility index (Phi) is 8.80. The van der Waals surface area contributed by atoms with Gasteiger partial charge in [0.1, 0.15) is 11.7 Å². The maximum atomic E-state index is 12.6. The van der Waals surface area contributed by atoms with Crippen molar-refractivity contribution in [2.24, 2.45) is 5.92 Å². The van der Waals surface area contributed by atoms with Crippen LogP contribution in [-0.2, 0) is 20.8 Å². The third-order valence-electron chi connectivity index (χ3n) is 5.97. The number of methoxy groups -OCH3 is 1. The van der Waals surface area contributed by atoms with Gasteiger partial charge in [-0.15, -0.1) is 0 Å². The third-order valence-corrected chi connectivity index (χ3v) is 6.99. The summed E-state index contributed by atoms with van der Waals surface area (Å²) >= 11 is 3.48. The number of carbonyl (C=O) groups excluding carboxylic acids is 2. The number of nitrogens with one attached hydrogen (secondary N) is 1. The number of benzene rings is 3. The van der Waals surface area contributed by atoms with Crippen LogP contribution in [0.2, 0.25) is 5.02 Å². The number of halogens is 1. The Morgan fingerprint density at radius 1 is 0.974 bits per heavy atom. The van der Waals surface area contributed by atoms with E-state index in [1.165, 1.54) is 7.11 Å². The van der Waals surface area contributed by atoms with E-state index in [0.717, 1.165) is 21.0 Å². The molecule has 3 aromatic carbocycles. The number of hydrogen-bond donors (Lipinski definition) is 2. The summed E-state index contributed by atoms with van der Waals surface area (Å²) in [4.78, 5) is 24.9. The van der Waals surface area contributed by atoms with Gasteiger partial charge >= 0.3 is 5.97 Å². The molecule has 202 valence electrons. The van der Waals surface area contributed by atoms with Gasteiger partial charge in [0.2, 0.25) is 5.76 Å². The van der Waals surface area contributed by atoms with E-state index in [1.54, 1.807) is 80.6 Å². The summed E-state index contributed by atoms with van der Waals surface area (Å²) in [6.07, 6.45) is 0. The van der Waals surface area contributed by atoms with E-state index in [1.807, 2.05) is 12.1 Å². The molecule has 1 heterocycles. The number of nitrogens with zero attached hydrogens (tertiary/aromatic N) is 2. The van der Waals surface area contributed by atoms with Gasteiger partial charge in [-0.05, 0) is 53.4 Å². The number of hydrogen-bond acceptors (Lipinski definition) is 6. The highest BCUT2D eigenvalue weighted by Gasteiger charge is 2.33. The second-order valence-electron chi connectivity index (χ2n) is 8.93. The molecule has 0 saturated carbocycles. The monoisotopic (exact) mass is 567 g/mol. The zero-order chi connectivity index (χ0) is 28.1. The first-order chi connectivity index (χ1) is 18.7. The maximum Gasteiger partial charge on any atom is 0.329 e. The van der Waals surface area contributed by atoms with Crippen molar-refractivity contribution < 1.29 is 27.6 Å². The fourth-order valence-electron chi connectivity index (χ4n) is 3.99. The largest absolute Gasteiger partial charge is 0.467 e. The average Bonchev–Trinajstić information content (AvgIpc) is 3.42. The SMILES string of the molecule is COC(=O)C(C(C)C)N(c1ccc(-c2ccc(NC(=O)c3cc(-c4ccc(Cl)cc4)no3)cc2)cc1)S(=O)O. The van der Waals surface area contributed by atoms with Gasteiger partial charge in [0.25, 0.3) is 17.2 Å². The summed E-state index contributed by atoms with van der Waals surface area (Å²) < 4.78 is 33.2. The van der Waals surface area contributed by atoms with Gasteiger partial charge < -0.3 is 14.6 Å². The molecular weight excluding hydrogens is 542 g/mol. The molecule has 1 aromatic heterocycles. The van der Waals surface area contributed by atoms with Gasteiger partial charge in [0, 0.05) is 22.3 Å². The molecule has 2 atom stereocenters. The summed E-state index contributed by atoms with van der Waals surface area (Å²) in [5.74, 6) is -1.24. The van der Waals surface area contributed by atoms with Crippen molar-refractivity contribution in [1.82, 2.24) is 5.16 Å². The molecule has 4 aromatic rings. The van der Waals surface area contributed by atoms with Crippen LogP contribution in [0.3, 0.4) is 0 Å². The molecular formula is C28H26ClN3O6S. The van der Waals surface area contributed by atoms with E-state index in [-0.39, 0.29) is 11.7 Å². The van der Waals surface area contributed by atoms with Crippen LogP contribution in [0.4, 0.5) is 11.4 Å². The summed E-state index contributed by atoms with van der Waals surface area (Å²) in [5.41, 5.74) is 3.94. The second-order valence-corrected chi connectivity index (χ2v) is 10.2. The summed E-state index contributed by atoms with van der Waals surface area (Å²) in [5, 5.41) is 7.33. The minimum absolute atomic E-state index is 0.0668. The van der Waals surface area contributed by atoms with E-state index in [2.05, 4.69) is 10.5 Å². The molecule has 1 amide bonds. The van der Waals surface area contributed by atoms with Crippen LogP contribution in [0.15, 0.2) is 83.4 Å².